The average Bonchev–Trinajstić information content (AvgIpc) is 3.18. The standard InChI is InChI=1S/C48H41BN2/c1-47(2,34-19-9-5-10-20-34)36-29-31-43-41(33-36)49-40-27-17-18-28-42(40)50(37-23-13-7-14-24-37)44-32-30-39(48(3,4)35-21-11-6-12-22-35)46(45(44)49)51(43)38-25-15-8-16-26-38/h5-33H,1-4H3. The Morgan fingerprint density at radius 1 is 0.392 bits per heavy atom. The van der Waals surface area contributed by atoms with Crippen LogP contribution in [0.15, 0.2) is 176 Å². The summed E-state index contributed by atoms with van der Waals surface area (Å²) in [6.07, 6.45) is 0. The maximum absolute atomic E-state index is 2.56. The molecule has 2 aliphatic rings. The second kappa shape index (κ2) is 11.9. The normalized spacial score (nSPS) is 13.4. The van der Waals surface area contributed by atoms with Gasteiger partial charge < -0.3 is 9.80 Å². The number of hydrogen-bond acceptors (Lipinski definition) is 2. The molecule has 2 aliphatic heterocycles. The van der Waals surface area contributed by atoms with Gasteiger partial charge in [-0.1, -0.05) is 161 Å². The predicted octanol–water partition coefficient (Wildman–Crippen LogP) is 10.4. The second-order valence-electron chi connectivity index (χ2n) is 15.0. The monoisotopic (exact) mass is 656 g/mol. The zero-order valence-corrected chi connectivity index (χ0v) is 29.7. The summed E-state index contributed by atoms with van der Waals surface area (Å²) in [4.78, 5) is 5.04. The highest BCUT2D eigenvalue weighted by molar-refractivity contribution is 7.00. The fourth-order valence-electron chi connectivity index (χ4n) is 8.60. The summed E-state index contributed by atoms with van der Waals surface area (Å²) in [5.74, 6) is 0. The smallest absolute Gasteiger partial charge is 0.252 e. The van der Waals surface area contributed by atoms with Crippen molar-refractivity contribution in [3.63, 3.8) is 0 Å². The van der Waals surface area contributed by atoms with E-state index in [9.17, 15) is 0 Å². The van der Waals surface area contributed by atoms with E-state index >= 15 is 0 Å². The molecule has 0 bridgehead atoms. The van der Waals surface area contributed by atoms with Crippen LogP contribution in [0.3, 0.4) is 0 Å². The lowest BCUT2D eigenvalue weighted by Crippen LogP contribution is -2.62. The van der Waals surface area contributed by atoms with Gasteiger partial charge in [0, 0.05) is 45.0 Å². The molecule has 0 fully saturated rings. The molecule has 0 N–H and O–H groups in total. The Morgan fingerprint density at radius 2 is 0.882 bits per heavy atom. The van der Waals surface area contributed by atoms with Crippen molar-refractivity contribution in [2.75, 3.05) is 9.80 Å². The van der Waals surface area contributed by atoms with Crippen molar-refractivity contribution in [1.29, 1.82) is 0 Å². The van der Waals surface area contributed by atoms with E-state index in [0.717, 1.165) is 11.4 Å². The lowest BCUT2D eigenvalue weighted by atomic mass is 9.33. The van der Waals surface area contributed by atoms with Crippen molar-refractivity contribution < 1.29 is 0 Å². The fraction of sp³-hybridized carbons (Fsp3) is 0.125. The van der Waals surface area contributed by atoms with Crippen LogP contribution in [0.4, 0.5) is 34.1 Å². The molecule has 0 radical (unpaired) electrons. The summed E-state index contributed by atoms with van der Waals surface area (Å²) < 4.78 is 0. The molecule has 3 heteroatoms. The van der Waals surface area contributed by atoms with Crippen LogP contribution >= 0.6 is 0 Å². The zero-order chi connectivity index (χ0) is 34.7. The summed E-state index contributed by atoms with van der Waals surface area (Å²) >= 11 is 0. The number of rotatable bonds is 6. The molecular formula is C48H41BN2. The Bertz CT molecular complexity index is 2370. The van der Waals surface area contributed by atoms with Gasteiger partial charge in [0.1, 0.15) is 0 Å². The van der Waals surface area contributed by atoms with Gasteiger partial charge in [0.15, 0.2) is 0 Å². The number of fused-ring (bicyclic) bond motifs is 4. The van der Waals surface area contributed by atoms with Crippen LogP contribution in [0.5, 0.6) is 0 Å². The third kappa shape index (κ3) is 4.87. The predicted molar refractivity (Wildman–Crippen MR) is 218 cm³/mol. The van der Waals surface area contributed by atoms with Gasteiger partial charge in [0.25, 0.3) is 6.71 Å². The van der Waals surface area contributed by atoms with Crippen molar-refractivity contribution >= 4 is 57.2 Å². The van der Waals surface area contributed by atoms with E-state index in [1.165, 1.54) is 61.4 Å². The van der Waals surface area contributed by atoms with Crippen LogP contribution < -0.4 is 26.2 Å². The highest BCUT2D eigenvalue weighted by atomic mass is 15.2. The largest absolute Gasteiger partial charge is 0.311 e. The van der Waals surface area contributed by atoms with Crippen LogP contribution in [-0.2, 0) is 10.8 Å². The minimum Gasteiger partial charge on any atom is -0.311 e. The molecule has 7 aromatic rings. The minimum atomic E-state index is -0.273. The molecule has 0 unspecified atom stereocenters. The van der Waals surface area contributed by atoms with E-state index in [1.54, 1.807) is 0 Å². The van der Waals surface area contributed by atoms with Crippen molar-refractivity contribution in [3.05, 3.63) is 198 Å². The Kier molecular flexibility index (Phi) is 7.29. The van der Waals surface area contributed by atoms with Crippen LogP contribution in [0, 0.1) is 0 Å². The van der Waals surface area contributed by atoms with Gasteiger partial charge in [-0.25, -0.2) is 0 Å². The van der Waals surface area contributed by atoms with Gasteiger partial charge >= 0.3 is 0 Å². The molecule has 2 heterocycles. The number of benzene rings is 7. The molecule has 0 aliphatic carbocycles. The van der Waals surface area contributed by atoms with E-state index in [4.69, 9.17) is 0 Å². The van der Waals surface area contributed by atoms with E-state index in [1.807, 2.05) is 0 Å². The topological polar surface area (TPSA) is 6.48 Å². The van der Waals surface area contributed by atoms with Crippen LogP contribution in [0.25, 0.3) is 0 Å². The first-order valence-corrected chi connectivity index (χ1v) is 18.1. The number of para-hydroxylation sites is 3. The molecule has 0 saturated carbocycles. The van der Waals surface area contributed by atoms with Crippen molar-refractivity contribution in [2.45, 2.75) is 38.5 Å². The third-order valence-electron chi connectivity index (χ3n) is 11.4. The van der Waals surface area contributed by atoms with Crippen LogP contribution in [-0.4, -0.2) is 6.71 Å². The molecule has 0 aromatic heterocycles. The van der Waals surface area contributed by atoms with Gasteiger partial charge in [-0.05, 0) is 81.1 Å². The quantitative estimate of drug-likeness (QED) is 0.164. The molecule has 0 amide bonds. The number of nitrogens with zero attached hydrogens (tertiary/aromatic N) is 2. The maximum Gasteiger partial charge on any atom is 0.252 e. The number of hydrogen-bond donors (Lipinski definition) is 0. The maximum atomic E-state index is 2.56. The van der Waals surface area contributed by atoms with E-state index in [-0.39, 0.29) is 17.5 Å². The molecule has 51 heavy (non-hydrogen) atoms. The molecule has 0 saturated heterocycles. The molecule has 9 rings (SSSR count). The van der Waals surface area contributed by atoms with Gasteiger partial charge in [-0.3, -0.25) is 0 Å². The Morgan fingerprint density at radius 3 is 1.51 bits per heavy atom. The Hall–Kier alpha value is -5.80. The number of anilines is 6. The fourth-order valence-corrected chi connectivity index (χ4v) is 8.60. The van der Waals surface area contributed by atoms with Gasteiger partial charge in [0.05, 0.1) is 0 Å². The van der Waals surface area contributed by atoms with Crippen LogP contribution in [0.2, 0.25) is 0 Å². The van der Waals surface area contributed by atoms with Crippen LogP contribution in [0.1, 0.15) is 49.9 Å². The van der Waals surface area contributed by atoms with Gasteiger partial charge in [-0.2, -0.15) is 0 Å². The van der Waals surface area contributed by atoms with E-state index in [2.05, 4.69) is 213 Å². The first kappa shape index (κ1) is 31.2. The highest BCUT2D eigenvalue weighted by Gasteiger charge is 2.46. The lowest BCUT2D eigenvalue weighted by Gasteiger charge is -2.47. The Labute approximate surface area is 302 Å². The highest BCUT2D eigenvalue weighted by Crippen LogP contribution is 2.49. The molecule has 246 valence electrons. The molecule has 7 aromatic carbocycles. The summed E-state index contributed by atoms with van der Waals surface area (Å²) in [7, 11) is 0. The van der Waals surface area contributed by atoms with Gasteiger partial charge in [0.2, 0.25) is 0 Å². The third-order valence-corrected chi connectivity index (χ3v) is 11.4. The Balaban J connectivity index is 1.40. The SMILES string of the molecule is CC(C)(c1ccccc1)c1ccc2c(c1)B1c3ccccc3N(c3ccccc3)c3ccc(C(C)(C)c4ccccc4)c(c31)N2c1ccccc1. The van der Waals surface area contributed by atoms with E-state index < -0.39 is 0 Å². The van der Waals surface area contributed by atoms with Crippen molar-refractivity contribution in [1.82, 2.24) is 0 Å². The van der Waals surface area contributed by atoms with E-state index in [0.29, 0.717) is 0 Å². The summed E-state index contributed by atoms with van der Waals surface area (Å²) in [5.41, 5.74) is 16.1. The molecular weight excluding hydrogens is 615 g/mol. The second-order valence-corrected chi connectivity index (χ2v) is 15.0. The molecule has 0 atom stereocenters. The zero-order valence-electron chi connectivity index (χ0n) is 29.7. The summed E-state index contributed by atoms with van der Waals surface area (Å²) in [6, 6.07) is 64.9. The molecule has 0 spiro atoms. The average molecular weight is 657 g/mol. The summed E-state index contributed by atoms with van der Waals surface area (Å²) in [6.45, 7) is 9.51. The van der Waals surface area contributed by atoms with Crippen molar-refractivity contribution in [2.24, 2.45) is 0 Å². The first-order chi connectivity index (χ1) is 24.9. The lowest BCUT2D eigenvalue weighted by molar-refractivity contribution is 0.640. The van der Waals surface area contributed by atoms with Crippen molar-refractivity contribution in [3.8, 4) is 0 Å². The minimum absolute atomic E-state index is 0.0409. The van der Waals surface area contributed by atoms with Gasteiger partial charge in [-0.15, -0.1) is 0 Å². The first-order valence-electron chi connectivity index (χ1n) is 18.1. The summed E-state index contributed by atoms with van der Waals surface area (Å²) in [5, 5.41) is 0. The molecule has 2 nitrogen and oxygen atoms in total.